The predicted molar refractivity (Wildman–Crippen MR) is 96.4 cm³/mol. The number of methoxy groups -OCH3 is 1. The lowest BCUT2D eigenvalue weighted by Crippen LogP contribution is -2.09. The van der Waals surface area contributed by atoms with Crippen LogP contribution in [0.4, 0.5) is 13.2 Å². The second-order valence-electron chi connectivity index (χ2n) is 6.70. The van der Waals surface area contributed by atoms with Gasteiger partial charge in [0.15, 0.2) is 5.76 Å². The van der Waals surface area contributed by atoms with Gasteiger partial charge in [-0.1, -0.05) is 11.2 Å². The average Bonchev–Trinajstić information content (AvgIpc) is 3.43. The number of carbonyl (C=O) groups excluding carboxylic acids is 1. The molecule has 5 nitrogen and oxygen atoms in total. The zero-order valence-corrected chi connectivity index (χ0v) is 15.3. The highest BCUT2D eigenvalue weighted by molar-refractivity contribution is 6.11. The lowest BCUT2D eigenvalue weighted by atomic mass is 10.00. The van der Waals surface area contributed by atoms with Crippen molar-refractivity contribution in [1.29, 1.82) is 0 Å². The molecule has 0 bridgehead atoms. The summed E-state index contributed by atoms with van der Waals surface area (Å²) in [7, 11) is 1.46. The third-order valence-corrected chi connectivity index (χ3v) is 4.61. The lowest BCUT2D eigenvalue weighted by Gasteiger charge is -2.14. The second kappa shape index (κ2) is 7.27. The first-order valence-electron chi connectivity index (χ1n) is 8.89. The first kappa shape index (κ1) is 19.0. The van der Waals surface area contributed by atoms with Gasteiger partial charge in [-0.2, -0.15) is 13.2 Å². The summed E-state index contributed by atoms with van der Waals surface area (Å²) in [5.41, 5.74) is -0.687. The molecule has 0 unspecified atom stereocenters. The van der Waals surface area contributed by atoms with E-state index in [1.807, 2.05) is 0 Å². The van der Waals surface area contributed by atoms with Gasteiger partial charge >= 0.3 is 6.18 Å². The Hall–Kier alpha value is -3.29. The molecule has 29 heavy (non-hydrogen) atoms. The Balaban J connectivity index is 1.76. The molecular weight excluding hydrogens is 387 g/mol. The smallest absolute Gasteiger partial charge is 0.416 e. The van der Waals surface area contributed by atoms with Crippen LogP contribution in [0, 0.1) is 0 Å². The van der Waals surface area contributed by atoms with Crippen LogP contribution in [-0.2, 0) is 6.18 Å². The fraction of sp³-hybridized carbons (Fsp3) is 0.238. The van der Waals surface area contributed by atoms with Crippen LogP contribution in [0.1, 0.15) is 46.0 Å². The van der Waals surface area contributed by atoms with Crippen molar-refractivity contribution in [2.45, 2.75) is 24.9 Å². The summed E-state index contributed by atoms with van der Waals surface area (Å²) in [6.07, 6.45) is -1.52. The quantitative estimate of drug-likeness (QED) is 0.501. The molecule has 1 saturated carbocycles. The van der Waals surface area contributed by atoms with E-state index in [1.165, 1.54) is 19.4 Å². The van der Waals surface area contributed by atoms with E-state index in [0.29, 0.717) is 11.5 Å². The van der Waals surface area contributed by atoms with Crippen LogP contribution in [0.2, 0.25) is 0 Å². The van der Waals surface area contributed by atoms with Crippen LogP contribution in [-0.4, -0.2) is 18.0 Å². The summed E-state index contributed by atoms with van der Waals surface area (Å²) in [6.45, 7) is 0. The van der Waals surface area contributed by atoms with Crippen LogP contribution in [0.25, 0.3) is 0 Å². The zero-order chi connectivity index (χ0) is 20.6. The van der Waals surface area contributed by atoms with Gasteiger partial charge in [0, 0.05) is 12.0 Å². The van der Waals surface area contributed by atoms with E-state index in [4.69, 9.17) is 14.0 Å². The van der Waals surface area contributed by atoms with Crippen molar-refractivity contribution in [2.24, 2.45) is 0 Å². The van der Waals surface area contributed by atoms with E-state index >= 15 is 0 Å². The maximum Gasteiger partial charge on any atom is 0.416 e. The topological polar surface area (TPSA) is 61.6 Å². The minimum Gasteiger partial charge on any atom is -0.497 e. The molecule has 4 rings (SSSR count). The van der Waals surface area contributed by atoms with Crippen molar-refractivity contribution in [3.05, 3.63) is 71.1 Å². The minimum absolute atomic E-state index is 0.00841. The third-order valence-electron chi connectivity index (χ3n) is 4.61. The van der Waals surface area contributed by atoms with Gasteiger partial charge in [0.05, 0.1) is 30.0 Å². The predicted octanol–water partition coefficient (Wildman–Crippen LogP) is 5.60. The molecule has 1 heterocycles. The molecule has 3 aromatic rings. The largest absolute Gasteiger partial charge is 0.497 e. The van der Waals surface area contributed by atoms with Gasteiger partial charge < -0.3 is 14.0 Å². The monoisotopic (exact) mass is 403 g/mol. The summed E-state index contributed by atoms with van der Waals surface area (Å²) in [6, 6.07) is 9.17. The summed E-state index contributed by atoms with van der Waals surface area (Å²) < 4.78 is 55.6. The molecule has 0 N–H and O–H groups in total. The first-order chi connectivity index (χ1) is 13.9. The fourth-order valence-electron chi connectivity index (χ4n) is 2.97. The van der Waals surface area contributed by atoms with E-state index in [2.05, 4.69) is 5.16 Å². The van der Waals surface area contributed by atoms with Gasteiger partial charge in [0.25, 0.3) is 0 Å². The van der Waals surface area contributed by atoms with Crippen molar-refractivity contribution in [1.82, 2.24) is 5.16 Å². The molecule has 1 aliphatic rings. The van der Waals surface area contributed by atoms with E-state index in [1.54, 1.807) is 18.2 Å². The first-order valence-corrected chi connectivity index (χ1v) is 8.89. The summed E-state index contributed by atoms with van der Waals surface area (Å²) in [5, 5.41) is 3.69. The van der Waals surface area contributed by atoms with Crippen LogP contribution >= 0.6 is 0 Å². The Labute approximate surface area is 164 Å². The number of ether oxygens (including phenoxy) is 2. The zero-order valence-electron chi connectivity index (χ0n) is 15.3. The van der Waals surface area contributed by atoms with Gasteiger partial charge in [-0.3, -0.25) is 4.79 Å². The number of rotatable bonds is 6. The van der Waals surface area contributed by atoms with Crippen molar-refractivity contribution in [3.8, 4) is 17.2 Å². The molecule has 0 aliphatic heterocycles. The SMILES string of the molecule is COc1cccc(Oc2cc(C(F)(F)F)ccc2C(=O)c2cnoc2C2CC2)c1. The van der Waals surface area contributed by atoms with E-state index in [-0.39, 0.29) is 28.5 Å². The van der Waals surface area contributed by atoms with Crippen LogP contribution in [0.5, 0.6) is 17.2 Å². The van der Waals surface area contributed by atoms with E-state index in [0.717, 1.165) is 31.0 Å². The maximum atomic E-state index is 13.2. The number of alkyl halides is 3. The number of hydrogen-bond acceptors (Lipinski definition) is 5. The molecule has 0 spiro atoms. The van der Waals surface area contributed by atoms with Gasteiger partial charge in [0.2, 0.25) is 5.78 Å². The van der Waals surface area contributed by atoms with Crippen LogP contribution in [0.3, 0.4) is 0 Å². The van der Waals surface area contributed by atoms with Crippen molar-refractivity contribution < 1.29 is 32.0 Å². The third kappa shape index (κ3) is 3.96. The Kier molecular flexibility index (Phi) is 4.77. The highest BCUT2D eigenvalue weighted by atomic mass is 19.4. The standard InChI is InChI=1S/C21H16F3NO4/c1-27-14-3-2-4-15(10-14)28-18-9-13(21(22,23)24)7-8-16(18)19(26)17-11-25-29-20(17)12-5-6-12/h2-4,7-12H,5-6H2,1H3. The number of carbonyl (C=O) groups is 1. The van der Waals surface area contributed by atoms with E-state index < -0.39 is 17.5 Å². The molecule has 2 aromatic carbocycles. The molecule has 0 atom stereocenters. The van der Waals surface area contributed by atoms with Gasteiger partial charge in [-0.15, -0.1) is 0 Å². The molecule has 1 aromatic heterocycles. The highest BCUT2D eigenvalue weighted by Crippen LogP contribution is 2.43. The molecule has 0 radical (unpaired) electrons. The number of halogens is 3. The Morgan fingerprint density at radius 1 is 1.10 bits per heavy atom. The van der Waals surface area contributed by atoms with Gasteiger partial charge in [0.1, 0.15) is 17.2 Å². The summed E-state index contributed by atoms with van der Waals surface area (Å²) in [4.78, 5) is 13.1. The second-order valence-corrected chi connectivity index (χ2v) is 6.70. The number of nitrogens with zero attached hydrogens (tertiary/aromatic N) is 1. The summed E-state index contributed by atoms with van der Waals surface area (Å²) >= 11 is 0. The summed E-state index contributed by atoms with van der Waals surface area (Å²) in [5.74, 6) is 0.583. The highest BCUT2D eigenvalue weighted by Gasteiger charge is 2.35. The number of aromatic nitrogens is 1. The van der Waals surface area contributed by atoms with Crippen molar-refractivity contribution >= 4 is 5.78 Å². The Morgan fingerprint density at radius 2 is 1.86 bits per heavy atom. The molecular formula is C21H16F3NO4. The van der Waals surface area contributed by atoms with E-state index in [9.17, 15) is 18.0 Å². The normalized spacial score (nSPS) is 13.9. The minimum atomic E-state index is -4.58. The lowest BCUT2D eigenvalue weighted by molar-refractivity contribution is -0.137. The average molecular weight is 403 g/mol. The molecule has 0 saturated heterocycles. The van der Waals surface area contributed by atoms with Crippen molar-refractivity contribution in [3.63, 3.8) is 0 Å². The Bertz CT molecular complexity index is 1050. The Morgan fingerprint density at radius 3 is 2.55 bits per heavy atom. The van der Waals surface area contributed by atoms with Crippen LogP contribution in [0.15, 0.2) is 53.2 Å². The van der Waals surface area contributed by atoms with Crippen molar-refractivity contribution in [2.75, 3.05) is 7.11 Å². The number of hydrogen-bond donors (Lipinski definition) is 0. The maximum absolute atomic E-state index is 13.2. The fourth-order valence-corrected chi connectivity index (χ4v) is 2.97. The molecule has 8 heteroatoms. The molecule has 1 fully saturated rings. The van der Waals surface area contributed by atoms with Gasteiger partial charge in [-0.25, -0.2) is 0 Å². The van der Waals surface area contributed by atoms with Gasteiger partial charge in [-0.05, 0) is 43.2 Å². The number of ketones is 1. The molecule has 150 valence electrons. The molecule has 0 amide bonds. The molecule has 1 aliphatic carbocycles. The van der Waals surface area contributed by atoms with Crippen LogP contribution < -0.4 is 9.47 Å². The number of benzene rings is 2.